The Morgan fingerprint density at radius 3 is 2.65 bits per heavy atom. The maximum Gasteiger partial charge on any atom is 0.284 e. The van der Waals surface area contributed by atoms with Crippen LogP contribution in [0.2, 0.25) is 0 Å². The van der Waals surface area contributed by atoms with E-state index in [4.69, 9.17) is 0 Å². The molecule has 0 spiro atoms. The topological polar surface area (TPSA) is 43.1 Å². The molecular formula is C13H8BrNO2. The zero-order chi connectivity index (χ0) is 12.0. The standard InChI is InChI=1S/C13H8BrNO2/c14-13-11(15(16)17)6-5-9-7-8-3-1-2-4-10(8)12(9)13/h1-6H,7H2. The van der Waals surface area contributed by atoms with Crippen LogP contribution in [0.25, 0.3) is 11.1 Å². The number of nitrogens with zero attached hydrogens (tertiary/aromatic N) is 1. The van der Waals surface area contributed by atoms with E-state index in [9.17, 15) is 10.1 Å². The van der Waals surface area contributed by atoms with Gasteiger partial charge in [-0.15, -0.1) is 0 Å². The number of benzene rings is 2. The van der Waals surface area contributed by atoms with Crippen molar-refractivity contribution in [1.82, 2.24) is 0 Å². The number of hydrogen-bond donors (Lipinski definition) is 0. The lowest BCUT2D eigenvalue weighted by Gasteiger charge is -2.04. The quantitative estimate of drug-likeness (QED) is 0.503. The van der Waals surface area contributed by atoms with E-state index < -0.39 is 0 Å². The number of nitro groups is 1. The van der Waals surface area contributed by atoms with Crippen molar-refractivity contribution in [1.29, 1.82) is 0 Å². The Labute approximate surface area is 106 Å². The molecule has 84 valence electrons. The third-order valence-electron chi connectivity index (χ3n) is 3.07. The first-order valence-corrected chi connectivity index (χ1v) is 6.02. The van der Waals surface area contributed by atoms with Gasteiger partial charge in [-0.1, -0.05) is 30.3 Å². The summed E-state index contributed by atoms with van der Waals surface area (Å²) < 4.78 is 0.588. The molecule has 3 nitrogen and oxygen atoms in total. The minimum Gasteiger partial charge on any atom is -0.258 e. The van der Waals surface area contributed by atoms with Crippen LogP contribution in [0, 0.1) is 10.1 Å². The number of halogens is 1. The van der Waals surface area contributed by atoms with Crippen LogP contribution in [0.1, 0.15) is 11.1 Å². The summed E-state index contributed by atoms with van der Waals surface area (Å²) >= 11 is 3.36. The largest absolute Gasteiger partial charge is 0.284 e. The first kappa shape index (κ1) is 10.5. The van der Waals surface area contributed by atoms with Gasteiger partial charge in [-0.3, -0.25) is 10.1 Å². The van der Waals surface area contributed by atoms with Crippen LogP contribution >= 0.6 is 15.9 Å². The van der Waals surface area contributed by atoms with Gasteiger partial charge in [0.1, 0.15) is 4.47 Å². The van der Waals surface area contributed by atoms with E-state index in [0.29, 0.717) is 4.47 Å². The second kappa shape index (κ2) is 3.67. The highest BCUT2D eigenvalue weighted by Crippen LogP contribution is 2.44. The van der Waals surface area contributed by atoms with Gasteiger partial charge >= 0.3 is 0 Å². The second-order valence-electron chi connectivity index (χ2n) is 4.02. The molecule has 0 atom stereocenters. The highest BCUT2D eigenvalue weighted by molar-refractivity contribution is 9.10. The average molecular weight is 290 g/mol. The van der Waals surface area contributed by atoms with Crippen LogP contribution in [-0.4, -0.2) is 4.92 Å². The van der Waals surface area contributed by atoms with Gasteiger partial charge < -0.3 is 0 Å². The third-order valence-corrected chi connectivity index (χ3v) is 3.87. The molecule has 0 saturated carbocycles. The average Bonchev–Trinajstić information content (AvgIpc) is 2.67. The molecule has 1 aliphatic rings. The molecule has 0 bridgehead atoms. The van der Waals surface area contributed by atoms with Crippen molar-refractivity contribution < 1.29 is 4.92 Å². The Hall–Kier alpha value is -1.68. The molecule has 0 fully saturated rings. The summed E-state index contributed by atoms with van der Waals surface area (Å²) in [4.78, 5) is 10.6. The Kier molecular flexibility index (Phi) is 2.26. The van der Waals surface area contributed by atoms with Crippen molar-refractivity contribution in [3.63, 3.8) is 0 Å². The molecule has 0 saturated heterocycles. The number of nitro benzene ring substituents is 1. The Morgan fingerprint density at radius 2 is 1.88 bits per heavy atom. The minimum absolute atomic E-state index is 0.125. The van der Waals surface area contributed by atoms with E-state index in [-0.39, 0.29) is 10.6 Å². The van der Waals surface area contributed by atoms with Crippen molar-refractivity contribution in [3.8, 4) is 11.1 Å². The van der Waals surface area contributed by atoms with Gasteiger partial charge in [0.15, 0.2) is 0 Å². The van der Waals surface area contributed by atoms with E-state index in [1.165, 1.54) is 5.56 Å². The summed E-state index contributed by atoms with van der Waals surface area (Å²) in [5.41, 5.74) is 4.56. The summed E-state index contributed by atoms with van der Waals surface area (Å²) in [5.74, 6) is 0. The van der Waals surface area contributed by atoms with E-state index in [0.717, 1.165) is 23.1 Å². The smallest absolute Gasteiger partial charge is 0.258 e. The highest BCUT2D eigenvalue weighted by atomic mass is 79.9. The molecule has 0 aromatic heterocycles. The Balaban J connectivity index is 2.31. The number of rotatable bonds is 1. The zero-order valence-corrected chi connectivity index (χ0v) is 10.4. The molecule has 2 aromatic rings. The van der Waals surface area contributed by atoms with Crippen molar-refractivity contribution in [3.05, 3.63) is 62.1 Å². The molecule has 17 heavy (non-hydrogen) atoms. The highest BCUT2D eigenvalue weighted by Gasteiger charge is 2.25. The zero-order valence-electron chi connectivity index (χ0n) is 8.81. The van der Waals surface area contributed by atoms with Crippen LogP contribution in [0.4, 0.5) is 5.69 Å². The monoisotopic (exact) mass is 289 g/mol. The van der Waals surface area contributed by atoms with Crippen molar-refractivity contribution in [2.75, 3.05) is 0 Å². The van der Waals surface area contributed by atoms with E-state index >= 15 is 0 Å². The summed E-state index contributed by atoms with van der Waals surface area (Å²) in [6.07, 6.45) is 0.849. The van der Waals surface area contributed by atoms with Gasteiger partial charge in [-0.25, -0.2) is 0 Å². The summed E-state index contributed by atoms with van der Waals surface area (Å²) in [6.45, 7) is 0. The van der Waals surface area contributed by atoms with E-state index in [1.807, 2.05) is 24.3 Å². The fraction of sp³-hybridized carbons (Fsp3) is 0.0769. The fourth-order valence-electron chi connectivity index (χ4n) is 2.31. The van der Waals surface area contributed by atoms with Crippen molar-refractivity contribution in [2.45, 2.75) is 6.42 Å². The van der Waals surface area contributed by atoms with Gasteiger partial charge in [0.05, 0.1) is 4.92 Å². The molecule has 0 radical (unpaired) electrons. The molecule has 0 heterocycles. The predicted octanol–water partition coefficient (Wildman–Crippen LogP) is 3.93. The lowest BCUT2D eigenvalue weighted by molar-refractivity contribution is -0.385. The van der Waals surface area contributed by atoms with Crippen molar-refractivity contribution in [2.24, 2.45) is 0 Å². The predicted molar refractivity (Wildman–Crippen MR) is 69.0 cm³/mol. The summed E-state index contributed by atoms with van der Waals surface area (Å²) in [5, 5.41) is 10.9. The fourth-order valence-corrected chi connectivity index (χ4v) is 3.05. The maximum atomic E-state index is 10.9. The molecule has 2 aromatic carbocycles. The Bertz CT molecular complexity index is 637. The molecule has 0 aliphatic heterocycles. The second-order valence-corrected chi connectivity index (χ2v) is 4.82. The number of hydrogen-bond acceptors (Lipinski definition) is 2. The molecule has 1 aliphatic carbocycles. The molecule has 3 rings (SSSR count). The number of fused-ring (bicyclic) bond motifs is 3. The lowest BCUT2D eigenvalue weighted by Crippen LogP contribution is -1.92. The summed E-state index contributed by atoms with van der Waals surface area (Å²) in [6, 6.07) is 11.4. The van der Waals surface area contributed by atoms with Crippen LogP contribution < -0.4 is 0 Å². The molecule has 0 unspecified atom stereocenters. The minimum atomic E-state index is -0.356. The van der Waals surface area contributed by atoms with Crippen molar-refractivity contribution >= 4 is 21.6 Å². The van der Waals surface area contributed by atoms with Gasteiger partial charge in [0, 0.05) is 11.6 Å². The van der Waals surface area contributed by atoms with Gasteiger partial charge in [-0.05, 0) is 39.0 Å². The first-order valence-electron chi connectivity index (χ1n) is 5.22. The van der Waals surface area contributed by atoms with E-state index in [1.54, 1.807) is 6.07 Å². The van der Waals surface area contributed by atoms with Gasteiger partial charge in [-0.2, -0.15) is 0 Å². The molecule has 4 heteroatoms. The molecule has 0 N–H and O–H groups in total. The van der Waals surface area contributed by atoms with Crippen LogP contribution in [-0.2, 0) is 6.42 Å². The van der Waals surface area contributed by atoms with Crippen LogP contribution in [0.3, 0.4) is 0 Å². The molecular weight excluding hydrogens is 282 g/mol. The van der Waals surface area contributed by atoms with Crippen LogP contribution in [0.15, 0.2) is 40.9 Å². The molecule has 0 amide bonds. The first-order chi connectivity index (χ1) is 8.18. The van der Waals surface area contributed by atoms with E-state index in [2.05, 4.69) is 22.0 Å². The van der Waals surface area contributed by atoms with Gasteiger partial charge in [0.2, 0.25) is 0 Å². The Morgan fingerprint density at radius 1 is 1.12 bits per heavy atom. The van der Waals surface area contributed by atoms with Crippen LogP contribution in [0.5, 0.6) is 0 Å². The lowest BCUT2D eigenvalue weighted by atomic mass is 10.1. The maximum absolute atomic E-state index is 10.9. The summed E-state index contributed by atoms with van der Waals surface area (Å²) in [7, 11) is 0. The normalized spacial score (nSPS) is 12.1. The third kappa shape index (κ3) is 1.48. The SMILES string of the molecule is O=[N+]([O-])c1ccc2c(c1Br)-c1ccccc1C2. The van der Waals surface area contributed by atoms with Gasteiger partial charge in [0.25, 0.3) is 5.69 Å².